The van der Waals surface area contributed by atoms with Gasteiger partial charge < -0.3 is 10.1 Å². The highest BCUT2D eigenvalue weighted by Crippen LogP contribution is 2.10. The molecule has 0 atom stereocenters. The number of carbonyl (C=O) groups is 2. The summed E-state index contributed by atoms with van der Waals surface area (Å²) in [5.41, 5.74) is 0. The lowest BCUT2D eigenvalue weighted by Crippen LogP contribution is -2.24. The molecule has 1 N–H and O–H groups in total. The van der Waals surface area contributed by atoms with E-state index < -0.39 is 0 Å². The van der Waals surface area contributed by atoms with E-state index in [1.54, 1.807) is 12.1 Å². The molecule has 4 heteroatoms. The van der Waals surface area contributed by atoms with Crippen molar-refractivity contribution in [3.8, 4) is 5.75 Å². The smallest absolute Gasteiger partial charge is 0.311 e. The maximum atomic E-state index is 11.7. The number of esters is 1. The monoisotopic (exact) mass is 347 g/mol. The van der Waals surface area contributed by atoms with Gasteiger partial charge in [-0.2, -0.15) is 0 Å². The molecule has 1 amide bonds. The molecule has 0 saturated heterocycles. The maximum Gasteiger partial charge on any atom is 0.311 e. The van der Waals surface area contributed by atoms with Gasteiger partial charge >= 0.3 is 5.97 Å². The Hall–Kier alpha value is -1.84. The third-order valence-corrected chi connectivity index (χ3v) is 4.11. The number of hydrogen-bond acceptors (Lipinski definition) is 3. The van der Waals surface area contributed by atoms with Crippen molar-refractivity contribution < 1.29 is 14.3 Å². The zero-order valence-electron chi connectivity index (χ0n) is 15.6. The van der Waals surface area contributed by atoms with E-state index in [2.05, 4.69) is 12.2 Å². The van der Waals surface area contributed by atoms with Crippen LogP contribution in [0.15, 0.2) is 30.3 Å². The zero-order valence-corrected chi connectivity index (χ0v) is 15.6. The second-order valence-electron chi connectivity index (χ2n) is 6.47. The first-order valence-electron chi connectivity index (χ1n) is 9.74. The largest absolute Gasteiger partial charge is 0.427 e. The first-order chi connectivity index (χ1) is 12.2. The predicted octanol–water partition coefficient (Wildman–Crippen LogP) is 5.02. The summed E-state index contributed by atoms with van der Waals surface area (Å²) in [6, 6.07) is 9.12. The van der Waals surface area contributed by atoms with Crippen molar-refractivity contribution in [2.24, 2.45) is 0 Å². The summed E-state index contributed by atoms with van der Waals surface area (Å²) in [7, 11) is 0. The fourth-order valence-corrected chi connectivity index (χ4v) is 2.62. The van der Waals surface area contributed by atoms with Gasteiger partial charge in [-0.1, -0.05) is 63.6 Å². The molecule has 0 radical (unpaired) electrons. The van der Waals surface area contributed by atoms with Crippen LogP contribution in [0.3, 0.4) is 0 Å². The van der Waals surface area contributed by atoms with Crippen LogP contribution in [0, 0.1) is 0 Å². The van der Waals surface area contributed by atoms with Gasteiger partial charge in [0.25, 0.3) is 0 Å². The van der Waals surface area contributed by atoms with Crippen molar-refractivity contribution >= 4 is 11.9 Å². The van der Waals surface area contributed by atoms with Crippen LogP contribution in [0.5, 0.6) is 5.75 Å². The van der Waals surface area contributed by atoms with E-state index in [9.17, 15) is 9.59 Å². The zero-order chi connectivity index (χ0) is 18.2. The van der Waals surface area contributed by atoms with Gasteiger partial charge in [-0.25, -0.2) is 0 Å². The van der Waals surface area contributed by atoms with E-state index in [1.165, 1.54) is 25.7 Å². The molecular weight excluding hydrogens is 314 g/mol. The van der Waals surface area contributed by atoms with Gasteiger partial charge in [0, 0.05) is 19.4 Å². The molecule has 4 nitrogen and oxygen atoms in total. The Bertz CT molecular complexity index is 473. The number of benzene rings is 1. The van der Waals surface area contributed by atoms with Gasteiger partial charge in [-0.3, -0.25) is 9.59 Å². The Kier molecular flexibility index (Phi) is 12.3. The van der Waals surface area contributed by atoms with E-state index >= 15 is 0 Å². The Morgan fingerprint density at radius 3 is 2.24 bits per heavy atom. The minimum atomic E-state index is -0.196. The number of para-hydroxylation sites is 1. The van der Waals surface area contributed by atoms with E-state index in [-0.39, 0.29) is 11.9 Å². The normalized spacial score (nSPS) is 10.4. The number of carbonyl (C=O) groups excluding carboxylic acids is 2. The molecule has 1 aromatic rings. The van der Waals surface area contributed by atoms with Gasteiger partial charge in [-0.05, 0) is 31.4 Å². The molecule has 0 spiro atoms. The van der Waals surface area contributed by atoms with E-state index in [0.29, 0.717) is 25.1 Å². The summed E-state index contributed by atoms with van der Waals surface area (Å²) in [4.78, 5) is 23.4. The van der Waals surface area contributed by atoms with E-state index in [4.69, 9.17) is 4.74 Å². The van der Waals surface area contributed by atoms with Gasteiger partial charge in [0.2, 0.25) is 5.91 Å². The molecule has 0 fully saturated rings. The van der Waals surface area contributed by atoms with Crippen LogP contribution in [0.25, 0.3) is 0 Å². The molecule has 1 aromatic carbocycles. The summed E-state index contributed by atoms with van der Waals surface area (Å²) >= 11 is 0. The Balaban J connectivity index is 1.90. The van der Waals surface area contributed by atoms with Crippen LogP contribution < -0.4 is 10.1 Å². The second kappa shape index (κ2) is 14.5. The minimum absolute atomic E-state index is 0.152. The van der Waals surface area contributed by atoms with Gasteiger partial charge in [0.1, 0.15) is 5.75 Å². The topological polar surface area (TPSA) is 55.4 Å². The van der Waals surface area contributed by atoms with Crippen LogP contribution >= 0.6 is 0 Å². The van der Waals surface area contributed by atoms with Crippen molar-refractivity contribution in [2.75, 3.05) is 6.54 Å². The van der Waals surface area contributed by atoms with Crippen LogP contribution in [0.2, 0.25) is 0 Å². The average Bonchev–Trinajstić information content (AvgIpc) is 2.62. The van der Waals surface area contributed by atoms with Gasteiger partial charge in [0.15, 0.2) is 0 Å². The van der Waals surface area contributed by atoms with E-state index in [1.807, 2.05) is 18.2 Å². The lowest BCUT2D eigenvalue weighted by molar-refractivity contribution is -0.134. The Labute approximate surface area is 152 Å². The Morgan fingerprint density at radius 2 is 1.48 bits per heavy atom. The van der Waals surface area contributed by atoms with Crippen molar-refractivity contribution in [1.29, 1.82) is 0 Å². The lowest BCUT2D eigenvalue weighted by atomic mass is 10.1. The molecule has 0 bridgehead atoms. The third-order valence-electron chi connectivity index (χ3n) is 4.11. The SMILES string of the molecule is CCCCCCCCC(=O)NCCCCCC(=O)Oc1ccccc1. The van der Waals surface area contributed by atoms with Crippen molar-refractivity contribution in [1.82, 2.24) is 5.32 Å². The number of unbranched alkanes of at least 4 members (excludes halogenated alkanes) is 7. The molecule has 0 saturated carbocycles. The molecule has 0 aliphatic rings. The predicted molar refractivity (Wildman–Crippen MR) is 102 cm³/mol. The number of amides is 1. The molecule has 0 aromatic heterocycles. The molecule has 1 rings (SSSR count). The lowest BCUT2D eigenvalue weighted by Gasteiger charge is -2.06. The second-order valence-corrected chi connectivity index (χ2v) is 6.47. The highest BCUT2D eigenvalue weighted by Gasteiger charge is 2.04. The van der Waals surface area contributed by atoms with Crippen LogP contribution in [0.1, 0.15) is 77.6 Å². The quantitative estimate of drug-likeness (QED) is 0.292. The summed E-state index contributed by atoms with van der Waals surface area (Å²) in [6.07, 6.45) is 10.9. The molecule has 0 aliphatic heterocycles. The summed E-state index contributed by atoms with van der Waals surface area (Å²) < 4.78 is 5.23. The average molecular weight is 347 g/mol. The highest BCUT2D eigenvalue weighted by molar-refractivity contribution is 5.75. The number of hydrogen-bond donors (Lipinski definition) is 1. The Morgan fingerprint density at radius 1 is 0.840 bits per heavy atom. The van der Waals surface area contributed by atoms with Crippen LogP contribution in [-0.4, -0.2) is 18.4 Å². The minimum Gasteiger partial charge on any atom is -0.427 e. The molecule has 25 heavy (non-hydrogen) atoms. The molecule has 0 aliphatic carbocycles. The fourth-order valence-electron chi connectivity index (χ4n) is 2.62. The van der Waals surface area contributed by atoms with Crippen molar-refractivity contribution in [2.45, 2.75) is 77.6 Å². The number of rotatable bonds is 14. The fraction of sp³-hybridized carbons (Fsp3) is 0.619. The molecule has 0 heterocycles. The molecule has 140 valence electrons. The molecule has 0 unspecified atom stereocenters. The molecular formula is C21H33NO3. The maximum absolute atomic E-state index is 11.7. The highest BCUT2D eigenvalue weighted by atomic mass is 16.5. The number of ether oxygens (including phenoxy) is 1. The van der Waals surface area contributed by atoms with Gasteiger partial charge in [0.05, 0.1) is 0 Å². The van der Waals surface area contributed by atoms with Crippen LogP contribution in [0.4, 0.5) is 0 Å². The summed E-state index contributed by atoms with van der Waals surface area (Å²) in [6.45, 7) is 2.90. The summed E-state index contributed by atoms with van der Waals surface area (Å²) in [5, 5.41) is 2.96. The van der Waals surface area contributed by atoms with Crippen molar-refractivity contribution in [3.63, 3.8) is 0 Å². The third kappa shape index (κ3) is 12.2. The first-order valence-corrected chi connectivity index (χ1v) is 9.74. The number of nitrogens with one attached hydrogen (secondary N) is 1. The standard InChI is InChI=1S/C21H33NO3/c1-2-3-4-5-6-11-16-20(23)22-18-13-8-12-17-21(24)25-19-14-9-7-10-15-19/h7,9-10,14-15H,2-6,8,11-13,16-18H2,1H3,(H,22,23). The van der Waals surface area contributed by atoms with Crippen molar-refractivity contribution in [3.05, 3.63) is 30.3 Å². The van der Waals surface area contributed by atoms with Crippen LogP contribution in [-0.2, 0) is 9.59 Å². The first kappa shape index (κ1) is 21.2. The summed E-state index contributed by atoms with van der Waals surface area (Å²) in [5.74, 6) is 0.548. The van der Waals surface area contributed by atoms with E-state index in [0.717, 1.165) is 32.1 Å². The van der Waals surface area contributed by atoms with Gasteiger partial charge in [-0.15, -0.1) is 0 Å².